The predicted molar refractivity (Wildman–Crippen MR) is 122 cm³/mol. The lowest BCUT2D eigenvalue weighted by atomic mass is 10.1. The third-order valence-corrected chi connectivity index (χ3v) is 4.05. The van der Waals surface area contributed by atoms with Crippen molar-refractivity contribution < 1.29 is 4.79 Å². The summed E-state index contributed by atoms with van der Waals surface area (Å²) < 4.78 is 0. The van der Waals surface area contributed by atoms with Crippen LogP contribution in [0.4, 0.5) is 0 Å². The Morgan fingerprint density at radius 2 is 2.00 bits per heavy atom. The molecule has 0 heterocycles. The Kier molecular flexibility index (Phi) is 14.1. The number of carbonyl (C=O) groups is 1. The minimum absolute atomic E-state index is 0. The summed E-state index contributed by atoms with van der Waals surface area (Å²) in [6, 6.07) is 8.14. The predicted octanol–water partition coefficient (Wildman–Crippen LogP) is 3.73. The van der Waals surface area contributed by atoms with Crippen molar-refractivity contribution in [2.75, 3.05) is 20.1 Å². The van der Waals surface area contributed by atoms with Crippen molar-refractivity contribution in [1.82, 2.24) is 16.0 Å². The van der Waals surface area contributed by atoms with Gasteiger partial charge in [0.2, 0.25) is 0 Å². The molecule has 3 N–H and O–H groups in total. The summed E-state index contributed by atoms with van der Waals surface area (Å²) in [5, 5.41) is 9.44. The van der Waals surface area contributed by atoms with Crippen molar-refractivity contribution in [3.05, 3.63) is 35.4 Å². The zero-order chi connectivity index (χ0) is 18.5. The van der Waals surface area contributed by atoms with Crippen LogP contribution in [0.15, 0.2) is 29.3 Å². The van der Waals surface area contributed by atoms with Gasteiger partial charge < -0.3 is 16.0 Å². The second-order valence-corrected chi connectivity index (χ2v) is 6.33. The fourth-order valence-electron chi connectivity index (χ4n) is 2.64. The molecule has 1 rings (SSSR count). The first-order chi connectivity index (χ1) is 12.1. The molecule has 1 amide bonds. The van der Waals surface area contributed by atoms with E-state index in [0.29, 0.717) is 18.2 Å². The van der Waals surface area contributed by atoms with E-state index in [1.54, 1.807) is 7.05 Å². The number of benzene rings is 1. The molecule has 26 heavy (non-hydrogen) atoms. The largest absolute Gasteiger partial charge is 0.357 e. The molecule has 0 saturated carbocycles. The summed E-state index contributed by atoms with van der Waals surface area (Å²) in [6.45, 7) is 8.04. The van der Waals surface area contributed by atoms with Gasteiger partial charge in [0.15, 0.2) is 5.96 Å². The standard InChI is InChI=1S/C20H34N4O.HI/c1-5-7-8-10-16(3)24-20(22-6-2)23-14-13-17-11-9-12-18(15-17)19(25)21-4;/h9,11-12,15-16H,5-8,10,13-14H2,1-4H3,(H,21,25)(H2,22,23,24);1H. The molecule has 0 aromatic heterocycles. The second-order valence-electron chi connectivity index (χ2n) is 6.33. The number of nitrogens with one attached hydrogen (secondary N) is 3. The number of aliphatic imine (C=N–C) groups is 1. The van der Waals surface area contributed by atoms with Gasteiger partial charge in [-0.1, -0.05) is 38.3 Å². The number of guanidine groups is 1. The summed E-state index contributed by atoms with van der Waals surface area (Å²) in [7, 11) is 1.65. The second kappa shape index (κ2) is 14.8. The summed E-state index contributed by atoms with van der Waals surface area (Å²) in [5.41, 5.74) is 1.82. The minimum Gasteiger partial charge on any atom is -0.357 e. The molecule has 148 valence electrons. The molecule has 0 radical (unpaired) electrons. The maximum Gasteiger partial charge on any atom is 0.251 e. The van der Waals surface area contributed by atoms with Crippen molar-refractivity contribution in [1.29, 1.82) is 0 Å². The molecule has 1 unspecified atom stereocenters. The van der Waals surface area contributed by atoms with Gasteiger partial charge in [0.25, 0.3) is 5.91 Å². The normalized spacial score (nSPS) is 12.1. The fraction of sp³-hybridized carbons (Fsp3) is 0.600. The van der Waals surface area contributed by atoms with Crippen molar-refractivity contribution >= 4 is 35.8 Å². The van der Waals surface area contributed by atoms with E-state index in [0.717, 1.165) is 30.9 Å². The van der Waals surface area contributed by atoms with E-state index in [4.69, 9.17) is 0 Å². The fourth-order valence-corrected chi connectivity index (χ4v) is 2.64. The minimum atomic E-state index is -0.0544. The molecule has 0 saturated heterocycles. The summed E-state index contributed by atoms with van der Waals surface area (Å²) >= 11 is 0. The number of amides is 1. The number of carbonyl (C=O) groups excluding carboxylic acids is 1. The Hall–Kier alpha value is -1.31. The highest BCUT2D eigenvalue weighted by Gasteiger charge is 2.06. The molecule has 1 atom stereocenters. The molecule has 6 heteroatoms. The van der Waals surface area contributed by atoms with Gasteiger partial charge in [-0.25, -0.2) is 0 Å². The molecule has 0 aliphatic rings. The van der Waals surface area contributed by atoms with E-state index in [9.17, 15) is 4.79 Å². The van der Waals surface area contributed by atoms with Crippen LogP contribution >= 0.6 is 24.0 Å². The average molecular weight is 474 g/mol. The highest BCUT2D eigenvalue weighted by atomic mass is 127. The molecule has 1 aromatic carbocycles. The third kappa shape index (κ3) is 9.99. The molecule has 0 bridgehead atoms. The Balaban J connectivity index is 0.00000625. The molecule has 0 fully saturated rings. The van der Waals surface area contributed by atoms with Crippen molar-refractivity contribution in [3.63, 3.8) is 0 Å². The quantitative estimate of drug-likeness (QED) is 0.210. The Morgan fingerprint density at radius 3 is 2.65 bits per heavy atom. The Bertz CT molecular complexity index is 548. The van der Waals surface area contributed by atoms with Crippen LogP contribution in [0.3, 0.4) is 0 Å². The molecule has 0 aliphatic heterocycles. The van der Waals surface area contributed by atoms with E-state index < -0.39 is 0 Å². The van der Waals surface area contributed by atoms with E-state index in [2.05, 4.69) is 41.7 Å². The Labute approximate surface area is 175 Å². The first kappa shape index (κ1) is 24.7. The maximum atomic E-state index is 11.7. The smallest absolute Gasteiger partial charge is 0.251 e. The first-order valence-corrected chi connectivity index (χ1v) is 9.46. The number of nitrogens with zero attached hydrogens (tertiary/aromatic N) is 1. The Morgan fingerprint density at radius 1 is 1.23 bits per heavy atom. The number of unbranched alkanes of at least 4 members (excludes halogenated alkanes) is 2. The third-order valence-electron chi connectivity index (χ3n) is 4.05. The van der Waals surface area contributed by atoms with Crippen LogP contribution in [-0.2, 0) is 6.42 Å². The van der Waals surface area contributed by atoms with Crippen molar-refractivity contribution in [2.24, 2.45) is 4.99 Å². The molecule has 0 spiro atoms. The average Bonchev–Trinajstić information content (AvgIpc) is 2.61. The molecule has 5 nitrogen and oxygen atoms in total. The van der Waals surface area contributed by atoms with Crippen molar-refractivity contribution in [3.8, 4) is 0 Å². The van der Waals surface area contributed by atoms with Gasteiger partial charge in [0.05, 0.1) is 0 Å². The summed E-state index contributed by atoms with van der Waals surface area (Å²) in [4.78, 5) is 16.4. The molecular formula is C20H35IN4O. The van der Waals surface area contributed by atoms with Gasteiger partial charge in [-0.2, -0.15) is 0 Å². The van der Waals surface area contributed by atoms with Gasteiger partial charge >= 0.3 is 0 Å². The van der Waals surface area contributed by atoms with E-state index in [1.165, 1.54) is 19.3 Å². The van der Waals surface area contributed by atoms with Gasteiger partial charge in [0, 0.05) is 31.7 Å². The summed E-state index contributed by atoms with van der Waals surface area (Å²) in [5.74, 6) is 0.815. The maximum absolute atomic E-state index is 11.7. The molecule has 0 aliphatic carbocycles. The lowest BCUT2D eigenvalue weighted by molar-refractivity contribution is 0.0963. The van der Waals surface area contributed by atoms with Crippen LogP contribution in [0, 0.1) is 0 Å². The van der Waals surface area contributed by atoms with Crippen LogP contribution < -0.4 is 16.0 Å². The van der Waals surface area contributed by atoms with Crippen LogP contribution in [0.1, 0.15) is 62.4 Å². The van der Waals surface area contributed by atoms with E-state index >= 15 is 0 Å². The van der Waals surface area contributed by atoms with Crippen LogP contribution in [0.2, 0.25) is 0 Å². The van der Waals surface area contributed by atoms with Gasteiger partial charge in [0.1, 0.15) is 0 Å². The van der Waals surface area contributed by atoms with E-state index in [1.807, 2.05) is 24.3 Å². The van der Waals surface area contributed by atoms with Crippen molar-refractivity contribution in [2.45, 2.75) is 58.9 Å². The van der Waals surface area contributed by atoms with Crippen LogP contribution in [0.25, 0.3) is 0 Å². The SMILES string of the molecule is CCCCCC(C)NC(=NCCc1cccc(C(=O)NC)c1)NCC.I. The molecular weight excluding hydrogens is 439 g/mol. The van der Waals surface area contributed by atoms with Crippen LogP contribution in [-0.4, -0.2) is 38.0 Å². The zero-order valence-corrected chi connectivity index (χ0v) is 18.9. The number of halogens is 1. The highest BCUT2D eigenvalue weighted by Crippen LogP contribution is 2.06. The van der Waals surface area contributed by atoms with Crippen LogP contribution in [0.5, 0.6) is 0 Å². The highest BCUT2D eigenvalue weighted by molar-refractivity contribution is 14.0. The van der Waals surface area contributed by atoms with Gasteiger partial charge in [-0.15, -0.1) is 24.0 Å². The van der Waals surface area contributed by atoms with Gasteiger partial charge in [-0.05, 0) is 44.4 Å². The van der Waals surface area contributed by atoms with E-state index in [-0.39, 0.29) is 29.9 Å². The number of hydrogen-bond donors (Lipinski definition) is 3. The summed E-state index contributed by atoms with van der Waals surface area (Å²) in [6.07, 6.45) is 5.74. The number of hydrogen-bond acceptors (Lipinski definition) is 2. The van der Waals surface area contributed by atoms with Gasteiger partial charge in [-0.3, -0.25) is 9.79 Å². The topological polar surface area (TPSA) is 65.5 Å². The molecule has 1 aromatic rings. The monoisotopic (exact) mass is 474 g/mol. The lowest BCUT2D eigenvalue weighted by Gasteiger charge is -2.17. The first-order valence-electron chi connectivity index (χ1n) is 9.46. The number of rotatable bonds is 10. The zero-order valence-electron chi connectivity index (χ0n) is 16.6. The lowest BCUT2D eigenvalue weighted by Crippen LogP contribution is -2.42.